The van der Waals surface area contributed by atoms with Crippen molar-refractivity contribution in [2.24, 2.45) is 0 Å². The molecular weight excluding hydrogens is 428 g/mol. The first-order valence-electron chi connectivity index (χ1n) is 10.3. The van der Waals surface area contributed by atoms with Gasteiger partial charge >= 0.3 is 0 Å². The van der Waals surface area contributed by atoms with Crippen LogP contribution in [0.15, 0.2) is 47.0 Å². The highest BCUT2D eigenvalue weighted by Crippen LogP contribution is 2.27. The van der Waals surface area contributed by atoms with Crippen molar-refractivity contribution in [3.8, 4) is 0 Å². The van der Waals surface area contributed by atoms with Crippen LogP contribution < -0.4 is 16.0 Å². The average molecular weight is 448 g/mol. The Morgan fingerprint density at radius 3 is 2.91 bits per heavy atom. The van der Waals surface area contributed by atoms with Crippen molar-refractivity contribution in [3.63, 3.8) is 0 Å². The van der Waals surface area contributed by atoms with E-state index >= 15 is 0 Å². The van der Waals surface area contributed by atoms with Gasteiger partial charge in [-0.2, -0.15) is 0 Å². The third-order valence-electron chi connectivity index (χ3n) is 5.70. The molecule has 1 aromatic heterocycles. The van der Waals surface area contributed by atoms with E-state index in [0.717, 1.165) is 11.1 Å². The highest BCUT2D eigenvalue weighted by atomic mass is 16.5. The van der Waals surface area contributed by atoms with E-state index in [9.17, 15) is 19.5 Å². The van der Waals surface area contributed by atoms with E-state index in [0.29, 0.717) is 22.3 Å². The molecule has 0 unspecified atom stereocenters. The van der Waals surface area contributed by atoms with Crippen molar-refractivity contribution in [1.29, 1.82) is 0 Å². The number of rotatable bonds is 4. The van der Waals surface area contributed by atoms with Crippen molar-refractivity contribution in [2.75, 3.05) is 29.1 Å². The van der Waals surface area contributed by atoms with Crippen LogP contribution in [0.3, 0.4) is 0 Å². The summed E-state index contributed by atoms with van der Waals surface area (Å²) < 4.78 is 10.5. The molecule has 3 aromatic rings. The number of carbonyl (C=O) groups excluding carboxylic acids is 3. The molecule has 2 atom stereocenters. The molecule has 0 bridgehead atoms. The minimum absolute atomic E-state index is 0.0101. The summed E-state index contributed by atoms with van der Waals surface area (Å²) in [6.45, 7) is 0.399. The van der Waals surface area contributed by atoms with Crippen LogP contribution in [-0.4, -0.2) is 53.2 Å². The number of amides is 2. The Balaban J connectivity index is 1.32. The van der Waals surface area contributed by atoms with Gasteiger partial charge in [0.1, 0.15) is 0 Å². The lowest BCUT2D eigenvalue weighted by atomic mass is 9.95. The quantitative estimate of drug-likeness (QED) is 0.541. The Hall–Kier alpha value is -4.02. The van der Waals surface area contributed by atoms with Gasteiger partial charge in [-0.25, -0.2) is 0 Å². The molecule has 2 amide bonds. The van der Waals surface area contributed by atoms with Crippen molar-refractivity contribution in [3.05, 3.63) is 53.6 Å². The fraction of sp³-hybridized carbons (Fsp3) is 0.217. The van der Waals surface area contributed by atoms with Crippen LogP contribution in [0.5, 0.6) is 0 Å². The van der Waals surface area contributed by atoms with E-state index in [2.05, 4.69) is 10.5 Å². The van der Waals surface area contributed by atoms with Gasteiger partial charge in [-0.05, 0) is 41.5 Å². The molecule has 4 N–H and O–H groups in total. The number of morpholine rings is 1. The maximum atomic E-state index is 13.1. The van der Waals surface area contributed by atoms with Crippen LogP contribution in [0, 0.1) is 0 Å². The minimum atomic E-state index is -1.74. The molecule has 2 aliphatic rings. The number of hydrogen-bond donors (Lipinski definition) is 3. The molecule has 1 aliphatic carbocycles. The largest absolute Gasteiger partial charge is 0.380 e. The van der Waals surface area contributed by atoms with Gasteiger partial charge in [0.15, 0.2) is 29.4 Å². The van der Waals surface area contributed by atoms with Gasteiger partial charge in [-0.3, -0.25) is 14.4 Å². The number of fused-ring (bicyclic) bond motifs is 2. The number of nitrogens with zero attached hydrogens (tertiary/aromatic N) is 2. The second-order valence-corrected chi connectivity index (χ2v) is 7.85. The molecular formula is C23H20N4O6. The van der Waals surface area contributed by atoms with Gasteiger partial charge in [0.05, 0.1) is 12.0 Å². The summed E-state index contributed by atoms with van der Waals surface area (Å²) in [6, 6.07) is 10.1. The standard InChI is InChI=1S/C23H20N4O6/c24-21-17-6-3-14(11-18(17)33-26-21)25-22(30)19(29)20-23(31)27(7-8-32-20)15-4-1-12-2-5-16(28)10-13(12)9-15/h1-6,9,11,19-20,29H,7-8,10H2,(H2,24,26)(H,25,30)/t19-,20-/m1/s1. The Morgan fingerprint density at radius 2 is 2.06 bits per heavy atom. The van der Waals surface area contributed by atoms with Crippen molar-refractivity contribution in [1.82, 2.24) is 5.16 Å². The van der Waals surface area contributed by atoms with Crippen LogP contribution in [0.25, 0.3) is 17.0 Å². The predicted molar refractivity (Wildman–Crippen MR) is 119 cm³/mol. The third-order valence-corrected chi connectivity index (χ3v) is 5.70. The summed E-state index contributed by atoms with van der Waals surface area (Å²) in [5.74, 6) is -1.13. The summed E-state index contributed by atoms with van der Waals surface area (Å²) in [4.78, 5) is 38.9. The van der Waals surface area contributed by atoms with Gasteiger partial charge in [0, 0.05) is 30.4 Å². The number of nitrogen functional groups attached to an aromatic ring is 1. The van der Waals surface area contributed by atoms with Crippen molar-refractivity contribution < 1.29 is 28.8 Å². The first-order chi connectivity index (χ1) is 15.9. The van der Waals surface area contributed by atoms with Gasteiger partial charge < -0.3 is 30.3 Å². The SMILES string of the molecule is Nc1noc2cc(NC(=O)[C@H](O)[C@H]3OCCN(c4ccc5c(c4)CC(=O)C=C5)C3=O)ccc12. The lowest BCUT2D eigenvalue weighted by molar-refractivity contribution is -0.150. The maximum absolute atomic E-state index is 13.1. The number of aliphatic hydroxyl groups excluding tert-OH is 1. The van der Waals surface area contributed by atoms with Crippen molar-refractivity contribution in [2.45, 2.75) is 18.6 Å². The molecule has 168 valence electrons. The number of ether oxygens (including phenoxy) is 1. The van der Waals surface area contributed by atoms with Gasteiger partial charge in [0.25, 0.3) is 11.8 Å². The second kappa shape index (κ2) is 8.15. The zero-order valence-corrected chi connectivity index (χ0v) is 17.4. The molecule has 10 heteroatoms. The number of aliphatic hydroxyl groups is 1. The molecule has 0 spiro atoms. The van der Waals surface area contributed by atoms with Crippen LogP contribution in [0.1, 0.15) is 11.1 Å². The van der Waals surface area contributed by atoms with Crippen LogP contribution in [0.4, 0.5) is 17.2 Å². The number of nitrogens with two attached hydrogens (primary N) is 1. The molecule has 2 aromatic carbocycles. The lowest BCUT2D eigenvalue weighted by Gasteiger charge is -2.34. The molecule has 5 rings (SSSR count). The Bertz CT molecular complexity index is 1310. The molecule has 10 nitrogen and oxygen atoms in total. The molecule has 0 saturated carbocycles. The number of benzene rings is 2. The van der Waals surface area contributed by atoms with Crippen LogP contribution in [-0.2, 0) is 25.5 Å². The van der Waals surface area contributed by atoms with Gasteiger partial charge in [0.2, 0.25) is 0 Å². The summed E-state index contributed by atoms with van der Waals surface area (Å²) >= 11 is 0. The van der Waals surface area contributed by atoms with Crippen molar-refractivity contribution >= 4 is 51.8 Å². The third kappa shape index (κ3) is 3.86. The van der Waals surface area contributed by atoms with Gasteiger partial charge in [-0.1, -0.05) is 17.3 Å². The number of anilines is 3. The fourth-order valence-electron chi connectivity index (χ4n) is 3.98. The number of aromatic nitrogens is 1. The molecule has 33 heavy (non-hydrogen) atoms. The van der Waals surface area contributed by atoms with E-state index in [1.165, 1.54) is 17.0 Å². The maximum Gasteiger partial charge on any atom is 0.259 e. The Morgan fingerprint density at radius 1 is 1.21 bits per heavy atom. The molecule has 1 fully saturated rings. The van der Waals surface area contributed by atoms with E-state index in [-0.39, 0.29) is 31.2 Å². The normalized spacial score (nSPS) is 18.9. The van der Waals surface area contributed by atoms with E-state index in [1.54, 1.807) is 30.3 Å². The fourth-order valence-corrected chi connectivity index (χ4v) is 3.98. The number of allylic oxidation sites excluding steroid dienone is 1. The van der Waals surface area contributed by atoms with Crippen LogP contribution >= 0.6 is 0 Å². The number of nitrogens with one attached hydrogen (secondary N) is 1. The molecule has 1 saturated heterocycles. The molecule has 1 aliphatic heterocycles. The summed E-state index contributed by atoms with van der Waals surface area (Å²) in [5.41, 5.74) is 8.71. The second-order valence-electron chi connectivity index (χ2n) is 7.85. The number of carbonyl (C=O) groups is 3. The zero-order chi connectivity index (χ0) is 23.1. The summed E-state index contributed by atoms with van der Waals surface area (Å²) in [7, 11) is 0. The highest BCUT2D eigenvalue weighted by Gasteiger charge is 2.39. The monoisotopic (exact) mass is 448 g/mol. The van der Waals surface area contributed by atoms with E-state index < -0.39 is 24.0 Å². The van der Waals surface area contributed by atoms with Gasteiger partial charge in [-0.15, -0.1) is 0 Å². The smallest absolute Gasteiger partial charge is 0.259 e. The minimum Gasteiger partial charge on any atom is -0.380 e. The summed E-state index contributed by atoms with van der Waals surface area (Å²) in [6.07, 6.45) is 0.419. The Kier molecular flexibility index (Phi) is 5.15. The van der Waals surface area contributed by atoms with E-state index in [4.69, 9.17) is 15.0 Å². The summed E-state index contributed by atoms with van der Waals surface area (Å²) in [5, 5.41) is 17.4. The molecule has 2 heterocycles. The number of hydrogen-bond acceptors (Lipinski definition) is 8. The highest BCUT2D eigenvalue weighted by molar-refractivity contribution is 6.05. The topological polar surface area (TPSA) is 148 Å². The predicted octanol–water partition coefficient (Wildman–Crippen LogP) is 1.28. The Labute approximate surface area is 187 Å². The zero-order valence-electron chi connectivity index (χ0n) is 17.4. The average Bonchev–Trinajstić information content (AvgIpc) is 3.18. The first-order valence-corrected chi connectivity index (χ1v) is 10.3. The first kappa shape index (κ1) is 20.9. The molecule has 0 radical (unpaired) electrons. The number of ketones is 1. The van der Waals surface area contributed by atoms with E-state index in [1.807, 2.05) is 6.07 Å². The lowest BCUT2D eigenvalue weighted by Crippen LogP contribution is -2.55. The van der Waals surface area contributed by atoms with Crippen LogP contribution in [0.2, 0.25) is 0 Å².